The first-order chi connectivity index (χ1) is 16.8. The topological polar surface area (TPSA) is 104 Å². The Hall–Kier alpha value is -3.90. The summed E-state index contributed by atoms with van der Waals surface area (Å²) in [5, 5.41) is 21.1. The number of aromatic nitrogens is 2. The second-order valence-electron chi connectivity index (χ2n) is 10.9. The molecule has 0 aliphatic carbocycles. The number of H-pyrrole nitrogens is 2. The van der Waals surface area contributed by atoms with Crippen molar-refractivity contribution in [3.63, 3.8) is 0 Å². The molecular formula is C30H34N6. The number of nitriles is 2. The lowest BCUT2D eigenvalue weighted by molar-refractivity contribution is 0.276. The number of nitrogens with zero attached hydrogens (tertiary/aromatic N) is 4. The molecule has 0 bridgehead atoms. The van der Waals surface area contributed by atoms with Gasteiger partial charge in [-0.25, -0.2) is 4.99 Å². The van der Waals surface area contributed by atoms with Crippen molar-refractivity contribution in [1.82, 2.24) is 9.97 Å². The molecule has 2 N–H and O–H groups in total. The largest absolute Gasteiger partial charge is 0.355 e. The standard InChI is InChI=1S/C30H34N6/c1-16-17(2)24(33-23(16)10-22-13-29(7,8)30(9,15-32)36-22)11-25-18(3)19(4)26(34-25)12-27-20(5)21(6)28(14-31)35-27/h10-12,33-34H,13H2,1-9H3/b23-10-,24-11-,27-12-. The van der Waals surface area contributed by atoms with Gasteiger partial charge in [0.25, 0.3) is 0 Å². The van der Waals surface area contributed by atoms with E-state index in [0.717, 1.165) is 56.6 Å². The Balaban J connectivity index is 1.77. The Morgan fingerprint density at radius 2 is 1.36 bits per heavy atom. The number of allylic oxidation sites excluding steroid dienone is 2. The maximum atomic E-state index is 9.69. The molecule has 6 nitrogen and oxygen atoms in total. The lowest BCUT2D eigenvalue weighted by atomic mass is 9.74. The normalized spacial score (nSPS) is 23.4. The lowest BCUT2D eigenvalue weighted by Gasteiger charge is -2.29. The molecule has 2 aromatic heterocycles. The first kappa shape index (κ1) is 25.2. The van der Waals surface area contributed by atoms with Gasteiger partial charge in [0.1, 0.15) is 17.3 Å². The van der Waals surface area contributed by atoms with Crippen LogP contribution in [0, 0.1) is 55.8 Å². The van der Waals surface area contributed by atoms with E-state index in [1.54, 1.807) is 0 Å². The maximum Gasteiger partial charge on any atom is 0.149 e. The van der Waals surface area contributed by atoms with Gasteiger partial charge in [0.05, 0.1) is 11.8 Å². The predicted molar refractivity (Wildman–Crippen MR) is 147 cm³/mol. The van der Waals surface area contributed by atoms with Gasteiger partial charge in [0.15, 0.2) is 0 Å². The first-order valence-corrected chi connectivity index (χ1v) is 12.3. The van der Waals surface area contributed by atoms with E-state index < -0.39 is 5.54 Å². The molecule has 184 valence electrons. The number of hydrogen-bond acceptors (Lipinski definition) is 4. The van der Waals surface area contributed by atoms with Crippen molar-refractivity contribution in [2.45, 2.75) is 74.3 Å². The highest BCUT2D eigenvalue weighted by Crippen LogP contribution is 2.42. The summed E-state index contributed by atoms with van der Waals surface area (Å²) in [6.07, 6.45) is 7.04. The molecule has 0 aromatic carbocycles. The molecule has 4 heterocycles. The third-order valence-corrected chi connectivity index (χ3v) is 8.33. The summed E-state index contributed by atoms with van der Waals surface area (Å²) in [5.41, 5.74) is 10.0. The molecule has 0 radical (unpaired) electrons. The van der Waals surface area contributed by atoms with Crippen molar-refractivity contribution in [2.24, 2.45) is 15.4 Å². The zero-order valence-electron chi connectivity index (χ0n) is 22.7. The Kier molecular flexibility index (Phi) is 6.05. The van der Waals surface area contributed by atoms with Crippen LogP contribution in [0.4, 0.5) is 0 Å². The molecule has 0 saturated carbocycles. The van der Waals surface area contributed by atoms with E-state index in [4.69, 9.17) is 4.99 Å². The summed E-state index contributed by atoms with van der Waals surface area (Å²) in [4.78, 5) is 16.4. The van der Waals surface area contributed by atoms with Crippen LogP contribution in [0.3, 0.4) is 0 Å². The van der Waals surface area contributed by atoms with E-state index in [1.165, 1.54) is 16.7 Å². The zero-order valence-corrected chi connectivity index (χ0v) is 22.7. The van der Waals surface area contributed by atoms with Crippen LogP contribution in [0.2, 0.25) is 0 Å². The Labute approximate surface area is 213 Å². The fraction of sp³-hybridized carbons (Fsp3) is 0.400. The first-order valence-electron chi connectivity index (χ1n) is 12.3. The van der Waals surface area contributed by atoms with Gasteiger partial charge < -0.3 is 9.97 Å². The molecule has 2 aromatic rings. The van der Waals surface area contributed by atoms with E-state index in [2.05, 4.69) is 80.8 Å². The molecule has 2 aliphatic rings. The molecule has 1 atom stereocenters. The molecule has 0 amide bonds. The van der Waals surface area contributed by atoms with Crippen LogP contribution in [-0.4, -0.2) is 26.9 Å². The molecular weight excluding hydrogens is 444 g/mol. The highest BCUT2D eigenvalue weighted by molar-refractivity contribution is 6.14. The average molecular weight is 479 g/mol. The number of nitrogens with one attached hydrogen (secondary N) is 2. The molecule has 6 heteroatoms. The number of rotatable bonds is 3. The predicted octanol–water partition coefficient (Wildman–Crippen LogP) is 4.99. The van der Waals surface area contributed by atoms with Gasteiger partial charge in [0, 0.05) is 33.2 Å². The molecule has 36 heavy (non-hydrogen) atoms. The summed E-state index contributed by atoms with van der Waals surface area (Å²) in [6, 6.07) is 4.58. The number of hydrogen-bond donors (Lipinski definition) is 2. The Bertz CT molecular complexity index is 1620. The Morgan fingerprint density at radius 3 is 1.89 bits per heavy atom. The van der Waals surface area contributed by atoms with Crippen LogP contribution >= 0.6 is 0 Å². The van der Waals surface area contributed by atoms with E-state index in [1.807, 2.05) is 26.8 Å². The zero-order chi connectivity index (χ0) is 26.6. The summed E-state index contributed by atoms with van der Waals surface area (Å²) in [7, 11) is 0. The van der Waals surface area contributed by atoms with Crippen molar-refractivity contribution in [2.75, 3.05) is 0 Å². The van der Waals surface area contributed by atoms with E-state index in [9.17, 15) is 10.5 Å². The van der Waals surface area contributed by atoms with Crippen molar-refractivity contribution in [3.8, 4) is 12.1 Å². The highest BCUT2D eigenvalue weighted by Gasteiger charge is 2.46. The molecule has 0 spiro atoms. The van der Waals surface area contributed by atoms with Gasteiger partial charge >= 0.3 is 0 Å². The summed E-state index contributed by atoms with van der Waals surface area (Å²) < 4.78 is 0. The average Bonchev–Trinajstić information content (AvgIpc) is 3.44. The van der Waals surface area contributed by atoms with Gasteiger partial charge in [0.2, 0.25) is 0 Å². The van der Waals surface area contributed by atoms with Crippen LogP contribution in [0.5, 0.6) is 0 Å². The van der Waals surface area contributed by atoms with Gasteiger partial charge in [-0.05, 0) is 107 Å². The number of aromatic amines is 2. The second-order valence-corrected chi connectivity index (χ2v) is 10.9. The van der Waals surface area contributed by atoms with Gasteiger partial charge in [-0.15, -0.1) is 0 Å². The molecule has 1 unspecified atom stereocenters. The van der Waals surface area contributed by atoms with Crippen molar-refractivity contribution < 1.29 is 0 Å². The van der Waals surface area contributed by atoms with E-state index in [0.29, 0.717) is 5.71 Å². The monoisotopic (exact) mass is 478 g/mol. The number of aliphatic imine (C=N–C) groups is 2. The SMILES string of the molecule is CC1=C(C)/C(=C/c2[nH]c(/C=c3\[nH]/c(=C\C4=NC(C)(C#N)C(C)(C)C4)c(C)c3C)c(C)c2C)N=C1C#N. The van der Waals surface area contributed by atoms with E-state index in [-0.39, 0.29) is 5.41 Å². The van der Waals surface area contributed by atoms with Crippen LogP contribution < -0.4 is 10.7 Å². The molecule has 0 saturated heterocycles. The van der Waals surface area contributed by atoms with Crippen LogP contribution in [0.15, 0.2) is 26.8 Å². The van der Waals surface area contributed by atoms with Crippen molar-refractivity contribution in [3.05, 3.63) is 61.2 Å². The van der Waals surface area contributed by atoms with Crippen molar-refractivity contribution >= 4 is 29.7 Å². The highest BCUT2D eigenvalue weighted by atomic mass is 14.9. The maximum absolute atomic E-state index is 9.69. The van der Waals surface area contributed by atoms with Crippen molar-refractivity contribution in [1.29, 1.82) is 10.5 Å². The molecule has 2 aliphatic heterocycles. The second kappa shape index (κ2) is 8.64. The van der Waals surface area contributed by atoms with E-state index >= 15 is 0 Å². The third-order valence-electron chi connectivity index (χ3n) is 8.33. The lowest BCUT2D eigenvalue weighted by Crippen LogP contribution is -2.34. The third kappa shape index (κ3) is 3.97. The van der Waals surface area contributed by atoms with Gasteiger partial charge in [-0.3, -0.25) is 4.99 Å². The fourth-order valence-corrected chi connectivity index (χ4v) is 4.77. The molecule has 4 rings (SSSR count). The summed E-state index contributed by atoms with van der Waals surface area (Å²) in [5.74, 6) is 0. The van der Waals surface area contributed by atoms with Gasteiger partial charge in [-0.1, -0.05) is 13.8 Å². The summed E-state index contributed by atoms with van der Waals surface area (Å²) >= 11 is 0. The van der Waals surface area contributed by atoms with Crippen LogP contribution in [0.25, 0.3) is 18.2 Å². The van der Waals surface area contributed by atoms with Gasteiger partial charge in [-0.2, -0.15) is 10.5 Å². The Morgan fingerprint density at radius 1 is 0.778 bits per heavy atom. The minimum atomic E-state index is -0.712. The fourth-order valence-electron chi connectivity index (χ4n) is 4.77. The van der Waals surface area contributed by atoms with Crippen LogP contribution in [-0.2, 0) is 0 Å². The quantitative estimate of drug-likeness (QED) is 0.648. The minimum absolute atomic E-state index is 0.203. The minimum Gasteiger partial charge on any atom is -0.355 e. The van der Waals surface area contributed by atoms with Crippen LogP contribution in [0.1, 0.15) is 74.7 Å². The smallest absolute Gasteiger partial charge is 0.149 e. The molecule has 0 fully saturated rings. The summed E-state index contributed by atoms with van der Waals surface area (Å²) in [6.45, 7) is 18.5.